The number of nitrogens with zero attached hydrogens (tertiary/aromatic N) is 1. The first kappa shape index (κ1) is 13.9. The first-order chi connectivity index (χ1) is 7.88. The van der Waals surface area contributed by atoms with Crippen LogP contribution in [-0.4, -0.2) is 24.4 Å². The van der Waals surface area contributed by atoms with Gasteiger partial charge in [-0.2, -0.15) is 13.2 Å². The molecule has 1 unspecified atom stereocenters. The maximum absolute atomic E-state index is 11.8. The smallest absolute Gasteiger partial charge is 0.372 e. The summed E-state index contributed by atoms with van der Waals surface area (Å²) in [5.41, 5.74) is 7.46. The van der Waals surface area contributed by atoms with Gasteiger partial charge in [0.15, 0.2) is 0 Å². The second-order valence-electron chi connectivity index (χ2n) is 3.80. The Balaban J connectivity index is 2.30. The number of hydrogen-bond donors (Lipinski definition) is 1. The summed E-state index contributed by atoms with van der Waals surface area (Å²) in [6.07, 6.45) is -2.32. The normalized spacial score (nSPS) is 13.7. The molecular formula is C11H15F3N2O. The average Bonchev–Trinajstić information content (AvgIpc) is 2.24. The number of aromatic nitrogens is 1. The third-order valence-electron chi connectivity index (χ3n) is 2.20. The number of pyridine rings is 1. The van der Waals surface area contributed by atoms with Crippen molar-refractivity contribution in [3.05, 3.63) is 29.6 Å². The zero-order valence-electron chi connectivity index (χ0n) is 9.50. The molecule has 0 aromatic carbocycles. The maximum atomic E-state index is 11.8. The Morgan fingerprint density at radius 1 is 1.41 bits per heavy atom. The van der Waals surface area contributed by atoms with E-state index in [0.717, 1.165) is 11.3 Å². The van der Waals surface area contributed by atoms with E-state index in [1.54, 1.807) is 6.20 Å². The lowest BCUT2D eigenvalue weighted by Crippen LogP contribution is -2.19. The highest BCUT2D eigenvalue weighted by Crippen LogP contribution is 2.16. The second-order valence-corrected chi connectivity index (χ2v) is 3.80. The van der Waals surface area contributed by atoms with Crippen LogP contribution in [0.3, 0.4) is 0 Å². The quantitative estimate of drug-likeness (QED) is 0.814. The van der Waals surface area contributed by atoms with Crippen molar-refractivity contribution in [2.24, 2.45) is 5.73 Å². The van der Waals surface area contributed by atoms with Crippen LogP contribution >= 0.6 is 0 Å². The average molecular weight is 248 g/mol. The number of alkyl halides is 3. The van der Waals surface area contributed by atoms with E-state index in [-0.39, 0.29) is 12.6 Å². The molecule has 1 heterocycles. The van der Waals surface area contributed by atoms with Crippen molar-refractivity contribution in [1.82, 2.24) is 4.98 Å². The Hall–Kier alpha value is -1.14. The minimum Gasteiger partial charge on any atom is -0.372 e. The largest absolute Gasteiger partial charge is 0.411 e. The molecule has 0 radical (unpaired) electrons. The Bertz CT molecular complexity index is 338. The van der Waals surface area contributed by atoms with Gasteiger partial charge in [0.05, 0.1) is 0 Å². The number of halogens is 3. The van der Waals surface area contributed by atoms with Gasteiger partial charge in [0.1, 0.15) is 6.61 Å². The Kier molecular flexibility index (Phi) is 4.89. The van der Waals surface area contributed by atoms with Crippen molar-refractivity contribution in [2.75, 3.05) is 13.2 Å². The highest BCUT2D eigenvalue weighted by Gasteiger charge is 2.27. The van der Waals surface area contributed by atoms with E-state index in [1.807, 2.05) is 19.1 Å². The van der Waals surface area contributed by atoms with Crippen molar-refractivity contribution >= 4 is 0 Å². The van der Waals surface area contributed by atoms with Crippen LogP contribution in [0.15, 0.2) is 18.3 Å². The van der Waals surface area contributed by atoms with Gasteiger partial charge in [-0.05, 0) is 25.0 Å². The van der Waals surface area contributed by atoms with Crippen LogP contribution in [0.25, 0.3) is 0 Å². The summed E-state index contributed by atoms with van der Waals surface area (Å²) >= 11 is 0. The molecule has 0 aliphatic carbocycles. The molecule has 0 bridgehead atoms. The highest BCUT2D eigenvalue weighted by atomic mass is 19.4. The van der Waals surface area contributed by atoms with Crippen LogP contribution in [0.5, 0.6) is 0 Å². The number of hydrogen-bond acceptors (Lipinski definition) is 3. The van der Waals surface area contributed by atoms with Gasteiger partial charge in [-0.1, -0.05) is 6.07 Å². The number of aryl methyl sites for hydroxylation is 1. The van der Waals surface area contributed by atoms with Crippen LogP contribution in [-0.2, 0) is 4.74 Å². The summed E-state index contributed by atoms with van der Waals surface area (Å²) in [5, 5.41) is 0. The molecule has 1 aromatic rings. The first-order valence-electron chi connectivity index (χ1n) is 5.21. The fraction of sp³-hybridized carbons (Fsp3) is 0.545. The molecule has 0 spiro atoms. The molecule has 0 fully saturated rings. The molecule has 1 atom stereocenters. The number of ether oxygens (including phenoxy) is 1. The molecule has 1 rings (SSSR count). The SMILES string of the molecule is Cc1ccc(C(N)CCOCC(F)(F)F)cn1. The van der Waals surface area contributed by atoms with E-state index < -0.39 is 12.8 Å². The Morgan fingerprint density at radius 3 is 2.65 bits per heavy atom. The molecule has 6 heteroatoms. The molecule has 17 heavy (non-hydrogen) atoms. The molecule has 0 amide bonds. The van der Waals surface area contributed by atoms with E-state index >= 15 is 0 Å². The molecular weight excluding hydrogens is 233 g/mol. The fourth-order valence-corrected chi connectivity index (χ4v) is 1.26. The summed E-state index contributed by atoms with van der Waals surface area (Å²) in [4.78, 5) is 4.07. The third kappa shape index (κ3) is 5.65. The predicted octanol–water partition coefficient (Wildman–Crippen LogP) is 2.36. The van der Waals surface area contributed by atoms with Gasteiger partial charge in [0.2, 0.25) is 0 Å². The third-order valence-corrected chi connectivity index (χ3v) is 2.20. The summed E-state index contributed by atoms with van der Waals surface area (Å²) in [6.45, 7) is 0.599. The van der Waals surface area contributed by atoms with Crippen LogP contribution in [0.2, 0.25) is 0 Å². The zero-order chi connectivity index (χ0) is 12.9. The standard InChI is InChI=1S/C11H15F3N2O/c1-8-2-3-9(6-16-8)10(15)4-5-17-7-11(12,13)14/h2-3,6,10H,4-5,7,15H2,1H3. The van der Waals surface area contributed by atoms with E-state index in [0.29, 0.717) is 6.42 Å². The van der Waals surface area contributed by atoms with Crippen LogP contribution in [0.1, 0.15) is 23.7 Å². The van der Waals surface area contributed by atoms with Gasteiger partial charge in [0, 0.05) is 24.5 Å². The van der Waals surface area contributed by atoms with E-state index in [9.17, 15) is 13.2 Å². The zero-order valence-corrected chi connectivity index (χ0v) is 9.50. The van der Waals surface area contributed by atoms with Crippen molar-refractivity contribution in [3.63, 3.8) is 0 Å². The Labute approximate surface area is 97.8 Å². The maximum Gasteiger partial charge on any atom is 0.411 e. The Morgan fingerprint density at radius 2 is 2.12 bits per heavy atom. The summed E-state index contributed by atoms with van der Waals surface area (Å²) in [5.74, 6) is 0. The van der Waals surface area contributed by atoms with E-state index in [1.165, 1.54) is 0 Å². The van der Waals surface area contributed by atoms with Crippen molar-refractivity contribution in [2.45, 2.75) is 25.6 Å². The molecule has 96 valence electrons. The molecule has 0 aliphatic rings. The minimum absolute atomic E-state index is 0.0193. The lowest BCUT2D eigenvalue weighted by molar-refractivity contribution is -0.174. The number of rotatable bonds is 5. The van der Waals surface area contributed by atoms with Gasteiger partial charge >= 0.3 is 6.18 Å². The van der Waals surface area contributed by atoms with Gasteiger partial charge in [-0.25, -0.2) is 0 Å². The van der Waals surface area contributed by atoms with Gasteiger partial charge in [0.25, 0.3) is 0 Å². The number of nitrogens with two attached hydrogens (primary N) is 1. The van der Waals surface area contributed by atoms with Crippen molar-refractivity contribution in [3.8, 4) is 0 Å². The molecule has 0 saturated heterocycles. The monoisotopic (exact) mass is 248 g/mol. The molecule has 0 aliphatic heterocycles. The van der Waals surface area contributed by atoms with Crippen molar-refractivity contribution < 1.29 is 17.9 Å². The van der Waals surface area contributed by atoms with Crippen LogP contribution in [0, 0.1) is 6.92 Å². The topological polar surface area (TPSA) is 48.1 Å². The summed E-state index contributed by atoms with van der Waals surface area (Å²) in [7, 11) is 0. The lowest BCUT2D eigenvalue weighted by atomic mass is 10.1. The predicted molar refractivity (Wildman–Crippen MR) is 57.4 cm³/mol. The van der Waals surface area contributed by atoms with Gasteiger partial charge in [-0.15, -0.1) is 0 Å². The van der Waals surface area contributed by atoms with Gasteiger partial charge < -0.3 is 10.5 Å². The molecule has 2 N–H and O–H groups in total. The molecule has 0 saturated carbocycles. The second kappa shape index (κ2) is 5.97. The van der Waals surface area contributed by atoms with Crippen molar-refractivity contribution in [1.29, 1.82) is 0 Å². The van der Waals surface area contributed by atoms with Gasteiger partial charge in [-0.3, -0.25) is 4.98 Å². The summed E-state index contributed by atoms with van der Waals surface area (Å²) in [6, 6.07) is 3.28. The summed E-state index contributed by atoms with van der Waals surface area (Å²) < 4.78 is 39.8. The minimum atomic E-state index is -4.28. The fourth-order valence-electron chi connectivity index (χ4n) is 1.26. The van der Waals surface area contributed by atoms with Crippen LogP contribution < -0.4 is 5.73 Å². The first-order valence-corrected chi connectivity index (χ1v) is 5.21. The van der Waals surface area contributed by atoms with Crippen LogP contribution in [0.4, 0.5) is 13.2 Å². The lowest BCUT2D eigenvalue weighted by Gasteiger charge is -2.12. The highest BCUT2D eigenvalue weighted by molar-refractivity contribution is 5.16. The molecule has 1 aromatic heterocycles. The molecule has 3 nitrogen and oxygen atoms in total. The van der Waals surface area contributed by atoms with E-state index in [4.69, 9.17) is 5.73 Å². The van der Waals surface area contributed by atoms with E-state index in [2.05, 4.69) is 9.72 Å².